The SMILES string of the molecule is CCc1ccc(C(CNC(=O)c2cc(C(F)(F)F)[nH]n2)N(C)C)cc1. The van der Waals surface area contributed by atoms with Crippen LogP contribution in [0, 0.1) is 0 Å². The van der Waals surface area contributed by atoms with Gasteiger partial charge in [-0.25, -0.2) is 0 Å². The molecular weight excluding hydrogens is 333 g/mol. The molecule has 0 saturated heterocycles. The summed E-state index contributed by atoms with van der Waals surface area (Å²) in [4.78, 5) is 14.0. The molecule has 0 aliphatic carbocycles. The number of nitrogens with one attached hydrogen (secondary N) is 2. The molecule has 2 rings (SSSR count). The van der Waals surface area contributed by atoms with Gasteiger partial charge >= 0.3 is 6.18 Å². The van der Waals surface area contributed by atoms with Gasteiger partial charge in [0.05, 0.1) is 6.04 Å². The van der Waals surface area contributed by atoms with Crippen molar-refractivity contribution in [1.82, 2.24) is 20.4 Å². The molecule has 1 unspecified atom stereocenters. The third-order valence-electron chi connectivity index (χ3n) is 3.97. The number of aryl methyl sites for hydroxylation is 1. The van der Waals surface area contributed by atoms with Crippen molar-refractivity contribution in [1.29, 1.82) is 0 Å². The van der Waals surface area contributed by atoms with E-state index in [2.05, 4.69) is 17.3 Å². The molecular formula is C17H21F3N4O. The molecule has 1 aromatic heterocycles. The van der Waals surface area contributed by atoms with E-state index in [0.29, 0.717) is 6.07 Å². The Morgan fingerprint density at radius 3 is 2.40 bits per heavy atom. The smallest absolute Gasteiger partial charge is 0.349 e. The van der Waals surface area contributed by atoms with Crippen molar-refractivity contribution in [3.8, 4) is 0 Å². The minimum Gasteiger partial charge on any atom is -0.349 e. The second-order valence-electron chi connectivity index (χ2n) is 5.95. The van der Waals surface area contributed by atoms with Crippen LogP contribution in [0.5, 0.6) is 0 Å². The van der Waals surface area contributed by atoms with Gasteiger partial charge in [0.25, 0.3) is 5.91 Å². The molecule has 0 aliphatic heterocycles. The summed E-state index contributed by atoms with van der Waals surface area (Å²) in [5.41, 5.74) is 0.894. The van der Waals surface area contributed by atoms with Crippen LogP contribution in [0.25, 0.3) is 0 Å². The van der Waals surface area contributed by atoms with E-state index >= 15 is 0 Å². The number of aromatic amines is 1. The fourth-order valence-corrected chi connectivity index (χ4v) is 2.44. The third-order valence-corrected chi connectivity index (χ3v) is 3.97. The van der Waals surface area contributed by atoms with E-state index < -0.39 is 17.8 Å². The van der Waals surface area contributed by atoms with E-state index in [4.69, 9.17) is 0 Å². The molecule has 1 aromatic carbocycles. The van der Waals surface area contributed by atoms with Crippen LogP contribution in [0.2, 0.25) is 0 Å². The fourth-order valence-electron chi connectivity index (χ4n) is 2.44. The molecule has 0 aliphatic rings. The molecule has 0 bridgehead atoms. The van der Waals surface area contributed by atoms with Crippen molar-refractivity contribution >= 4 is 5.91 Å². The molecule has 5 nitrogen and oxygen atoms in total. The number of carbonyl (C=O) groups is 1. The summed E-state index contributed by atoms with van der Waals surface area (Å²) in [6, 6.07) is 8.64. The summed E-state index contributed by atoms with van der Waals surface area (Å²) < 4.78 is 37.7. The third kappa shape index (κ3) is 4.82. The maximum absolute atomic E-state index is 12.6. The van der Waals surface area contributed by atoms with Gasteiger partial charge in [0, 0.05) is 12.6 Å². The summed E-state index contributed by atoms with van der Waals surface area (Å²) >= 11 is 0. The number of carbonyl (C=O) groups excluding carboxylic acids is 1. The van der Waals surface area contributed by atoms with Crippen LogP contribution in [0.3, 0.4) is 0 Å². The van der Waals surface area contributed by atoms with Crippen LogP contribution in [0.4, 0.5) is 13.2 Å². The summed E-state index contributed by atoms with van der Waals surface area (Å²) in [5, 5.41) is 7.91. The first-order valence-electron chi connectivity index (χ1n) is 7.88. The maximum Gasteiger partial charge on any atom is 0.432 e. The van der Waals surface area contributed by atoms with Gasteiger partial charge in [-0.3, -0.25) is 9.89 Å². The minimum atomic E-state index is -4.56. The first-order chi connectivity index (χ1) is 11.7. The molecule has 2 aromatic rings. The fraction of sp³-hybridized carbons (Fsp3) is 0.412. The number of halogens is 3. The number of amides is 1. The monoisotopic (exact) mass is 354 g/mol. The molecule has 1 atom stereocenters. The standard InChI is InChI=1S/C17H21F3N4O/c1-4-11-5-7-12(8-6-11)14(24(2)3)10-21-16(25)13-9-15(23-22-13)17(18,19)20/h5-9,14H,4,10H2,1-3H3,(H,21,25)(H,22,23). The lowest BCUT2D eigenvalue weighted by Gasteiger charge is -2.25. The molecule has 0 saturated carbocycles. The second-order valence-corrected chi connectivity index (χ2v) is 5.95. The number of aromatic nitrogens is 2. The molecule has 0 spiro atoms. The Bertz CT molecular complexity index is 707. The highest BCUT2D eigenvalue weighted by Crippen LogP contribution is 2.27. The van der Waals surface area contributed by atoms with Crippen molar-refractivity contribution in [3.63, 3.8) is 0 Å². The zero-order valence-electron chi connectivity index (χ0n) is 14.3. The average molecular weight is 354 g/mol. The molecule has 1 heterocycles. The highest BCUT2D eigenvalue weighted by atomic mass is 19.4. The van der Waals surface area contributed by atoms with Crippen molar-refractivity contribution in [2.75, 3.05) is 20.6 Å². The van der Waals surface area contributed by atoms with Gasteiger partial charge < -0.3 is 10.2 Å². The molecule has 8 heteroatoms. The topological polar surface area (TPSA) is 61.0 Å². The summed E-state index contributed by atoms with van der Waals surface area (Å²) in [6.45, 7) is 2.32. The van der Waals surface area contributed by atoms with E-state index in [9.17, 15) is 18.0 Å². The lowest BCUT2D eigenvalue weighted by molar-refractivity contribution is -0.141. The predicted molar refractivity (Wildman–Crippen MR) is 88.2 cm³/mol. The molecule has 25 heavy (non-hydrogen) atoms. The van der Waals surface area contributed by atoms with Crippen molar-refractivity contribution in [2.45, 2.75) is 25.6 Å². The Kier molecular flexibility index (Phi) is 5.84. The van der Waals surface area contributed by atoms with Crippen LogP contribution in [0.15, 0.2) is 30.3 Å². The molecule has 0 fully saturated rings. The Hall–Kier alpha value is -2.35. The first-order valence-corrected chi connectivity index (χ1v) is 7.88. The maximum atomic E-state index is 12.6. The van der Waals surface area contributed by atoms with Crippen LogP contribution in [-0.4, -0.2) is 41.6 Å². The highest BCUT2D eigenvalue weighted by Gasteiger charge is 2.33. The molecule has 1 amide bonds. The number of likely N-dealkylation sites (N-methyl/N-ethyl adjacent to an activating group) is 1. The zero-order valence-corrected chi connectivity index (χ0v) is 14.3. The Labute approximate surface area is 144 Å². The number of H-pyrrole nitrogens is 1. The normalized spacial score (nSPS) is 13.1. The van der Waals surface area contributed by atoms with Gasteiger partial charge in [-0.1, -0.05) is 31.2 Å². The summed E-state index contributed by atoms with van der Waals surface area (Å²) in [5.74, 6) is -0.649. The van der Waals surface area contributed by atoms with E-state index in [1.54, 1.807) is 0 Å². The number of rotatable bonds is 6. The van der Waals surface area contributed by atoms with Gasteiger partial charge in [-0.15, -0.1) is 0 Å². The van der Waals surface area contributed by atoms with Crippen molar-refractivity contribution < 1.29 is 18.0 Å². The van der Waals surface area contributed by atoms with Gasteiger partial charge in [-0.2, -0.15) is 18.3 Å². The molecule has 2 N–H and O–H groups in total. The quantitative estimate of drug-likeness (QED) is 0.838. The lowest BCUT2D eigenvalue weighted by Crippen LogP contribution is -2.34. The highest BCUT2D eigenvalue weighted by molar-refractivity contribution is 5.92. The van der Waals surface area contributed by atoms with Crippen LogP contribution >= 0.6 is 0 Å². The van der Waals surface area contributed by atoms with Gasteiger partial charge in [-0.05, 0) is 31.6 Å². The molecule has 136 valence electrons. The van der Waals surface area contributed by atoms with Crippen LogP contribution < -0.4 is 5.32 Å². The van der Waals surface area contributed by atoms with Gasteiger partial charge in [0.2, 0.25) is 0 Å². The predicted octanol–water partition coefficient (Wildman–Crippen LogP) is 3.02. The van der Waals surface area contributed by atoms with E-state index in [0.717, 1.165) is 12.0 Å². The Morgan fingerprint density at radius 1 is 1.28 bits per heavy atom. The summed E-state index contributed by atoms with van der Waals surface area (Å²) in [7, 11) is 3.75. The second kappa shape index (κ2) is 7.69. The number of nitrogens with zero attached hydrogens (tertiary/aromatic N) is 2. The number of hydrogen-bond acceptors (Lipinski definition) is 3. The van der Waals surface area contributed by atoms with Gasteiger partial charge in [0.1, 0.15) is 5.69 Å². The zero-order chi connectivity index (χ0) is 18.6. The first kappa shape index (κ1) is 19.0. The van der Waals surface area contributed by atoms with Crippen LogP contribution in [-0.2, 0) is 12.6 Å². The number of benzene rings is 1. The number of hydrogen-bond donors (Lipinski definition) is 2. The van der Waals surface area contributed by atoms with E-state index in [1.165, 1.54) is 5.56 Å². The van der Waals surface area contributed by atoms with E-state index in [1.807, 2.05) is 48.4 Å². The van der Waals surface area contributed by atoms with Gasteiger partial charge in [0.15, 0.2) is 5.69 Å². The summed E-state index contributed by atoms with van der Waals surface area (Å²) in [6.07, 6.45) is -3.62. The molecule has 0 radical (unpaired) electrons. The average Bonchev–Trinajstić information content (AvgIpc) is 3.05. The Balaban J connectivity index is 2.05. The Morgan fingerprint density at radius 2 is 1.92 bits per heavy atom. The van der Waals surface area contributed by atoms with E-state index in [-0.39, 0.29) is 18.3 Å². The van der Waals surface area contributed by atoms with Crippen molar-refractivity contribution in [3.05, 3.63) is 52.8 Å². The van der Waals surface area contributed by atoms with Crippen molar-refractivity contribution in [2.24, 2.45) is 0 Å². The largest absolute Gasteiger partial charge is 0.432 e. The lowest BCUT2D eigenvalue weighted by atomic mass is 10.0. The van der Waals surface area contributed by atoms with Crippen LogP contribution in [0.1, 0.15) is 40.3 Å². The number of alkyl halides is 3. The minimum absolute atomic E-state index is 0.101.